The summed E-state index contributed by atoms with van der Waals surface area (Å²) in [5.74, 6) is -0.346. The van der Waals surface area contributed by atoms with E-state index in [1.807, 2.05) is 31.2 Å². The van der Waals surface area contributed by atoms with Crippen LogP contribution in [0.5, 0.6) is 5.75 Å². The molecule has 0 bridgehead atoms. The normalized spacial score (nSPS) is 16.6. The third-order valence-corrected chi connectivity index (χ3v) is 4.64. The quantitative estimate of drug-likeness (QED) is 0.790. The number of nitrogens with one attached hydrogen (secondary N) is 1. The molecule has 26 heavy (non-hydrogen) atoms. The molecule has 136 valence electrons. The Labute approximate surface area is 157 Å². The van der Waals surface area contributed by atoms with Crippen molar-refractivity contribution >= 4 is 29.1 Å². The smallest absolute Gasteiger partial charge is 0.239 e. The molecule has 5 nitrogen and oxygen atoms in total. The molecule has 6 heteroatoms. The number of hydrogen-bond donors (Lipinski definition) is 1. The number of anilines is 1. The first-order valence-corrected chi connectivity index (χ1v) is 9.03. The van der Waals surface area contributed by atoms with E-state index in [1.54, 1.807) is 29.2 Å². The van der Waals surface area contributed by atoms with Gasteiger partial charge in [-0.2, -0.15) is 0 Å². The van der Waals surface area contributed by atoms with Crippen LogP contribution in [-0.2, 0) is 16.1 Å². The average molecular weight is 373 g/mol. The lowest BCUT2D eigenvalue weighted by Gasteiger charge is -2.17. The van der Waals surface area contributed by atoms with E-state index < -0.39 is 5.92 Å². The Kier molecular flexibility index (Phi) is 5.78. The summed E-state index contributed by atoms with van der Waals surface area (Å²) in [5, 5.41) is 3.48. The van der Waals surface area contributed by atoms with Crippen LogP contribution in [0, 0.1) is 5.92 Å². The van der Waals surface area contributed by atoms with Crippen molar-refractivity contribution in [2.45, 2.75) is 19.9 Å². The molecule has 1 aliphatic rings. The van der Waals surface area contributed by atoms with Gasteiger partial charge in [-0.3, -0.25) is 9.59 Å². The van der Waals surface area contributed by atoms with Gasteiger partial charge in [-0.15, -0.1) is 0 Å². The minimum absolute atomic E-state index is 0.178. The molecule has 1 heterocycles. The van der Waals surface area contributed by atoms with Crippen LogP contribution < -0.4 is 15.0 Å². The highest BCUT2D eigenvalue weighted by Gasteiger charge is 2.37. The second-order valence-electron chi connectivity index (χ2n) is 6.07. The van der Waals surface area contributed by atoms with Crippen molar-refractivity contribution in [1.82, 2.24) is 5.32 Å². The highest BCUT2D eigenvalue weighted by atomic mass is 35.5. The molecule has 0 saturated carbocycles. The van der Waals surface area contributed by atoms with E-state index in [4.69, 9.17) is 16.3 Å². The molecular weight excluding hydrogens is 352 g/mol. The molecule has 2 amide bonds. The molecule has 0 aromatic heterocycles. The van der Waals surface area contributed by atoms with Crippen LogP contribution in [0.2, 0.25) is 5.02 Å². The lowest BCUT2D eigenvalue weighted by Crippen LogP contribution is -2.36. The number of para-hydroxylation sites is 1. The van der Waals surface area contributed by atoms with Crippen LogP contribution in [0.1, 0.15) is 18.9 Å². The third kappa shape index (κ3) is 3.99. The minimum Gasteiger partial charge on any atom is -0.494 e. The molecule has 1 aliphatic heterocycles. The fourth-order valence-electron chi connectivity index (χ4n) is 3.05. The predicted molar refractivity (Wildman–Crippen MR) is 101 cm³/mol. The molecule has 2 aromatic rings. The second-order valence-corrected chi connectivity index (χ2v) is 6.50. The van der Waals surface area contributed by atoms with Gasteiger partial charge in [0, 0.05) is 29.4 Å². The van der Waals surface area contributed by atoms with E-state index in [0.29, 0.717) is 31.1 Å². The van der Waals surface area contributed by atoms with Gasteiger partial charge in [0.25, 0.3) is 0 Å². The Balaban J connectivity index is 1.62. The van der Waals surface area contributed by atoms with E-state index in [2.05, 4.69) is 5.32 Å². The third-order valence-electron chi connectivity index (χ3n) is 4.39. The van der Waals surface area contributed by atoms with Gasteiger partial charge >= 0.3 is 0 Å². The van der Waals surface area contributed by atoms with Gasteiger partial charge in [0.05, 0.1) is 6.61 Å². The highest BCUT2D eigenvalue weighted by molar-refractivity contribution is 6.30. The molecular formula is C20H21ClN2O3. The lowest BCUT2D eigenvalue weighted by molar-refractivity contribution is -0.132. The fourth-order valence-corrected chi connectivity index (χ4v) is 3.18. The van der Waals surface area contributed by atoms with Gasteiger partial charge in [-0.25, -0.2) is 0 Å². The number of carbonyl (C=O) groups is 2. The number of benzene rings is 2. The fraction of sp³-hybridized carbons (Fsp3) is 0.300. The maximum Gasteiger partial charge on any atom is 0.239 e. The molecule has 1 fully saturated rings. The van der Waals surface area contributed by atoms with E-state index in [9.17, 15) is 9.59 Å². The van der Waals surface area contributed by atoms with Crippen LogP contribution in [-0.4, -0.2) is 25.0 Å². The Bertz CT molecular complexity index is 792. The summed E-state index contributed by atoms with van der Waals surface area (Å²) < 4.78 is 5.56. The van der Waals surface area contributed by atoms with E-state index in [0.717, 1.165) is 17.0 Å². The summed E-state index contributed by atoms with van der Waals surface area (Å²) in [5.41, 5.74) is 1.65. The maximum atomic E-state index is 12.6. The van der Waals surface area contributed by atoms with Crippen molar-refractivity contribution in [3.05, 3.63) is 59.1 Å². The largest absolute Gasteiger partial charge is 0.494 e. The van der Waals surface area contributed by atoms with Crippen LogP contribution in [0.15, 0.2) is 48.5 Å². The zero-order valence-corrected chi connectivity index (χ0v) is 15.3. The summed E-state index contributed by atoms with van der Waals surface area (Å²) in [7, 11) is 0. The van der Waals surface area contributed by atoms with Crippen LogP contribution in [0.4, 0.5) is 5.69 Å². The van der Waals surface area contributed by atoms with Crippen molar-refractivity contribution < 1.29 is 14.3 Å². The topological polar surface area (TPSA) is 58.6 Å². The Morgan fingerprint density at radius 1 is 1.23 bits per heavy atom. The molecule has 3 rings (SSSR count). The lowest BCUT2D eigenvalue weighted by atomic mass is 10.1. The average Bonchev–Trinajstić information content (AvgIpc) is 3.03. The van der Waals surface area contributed by atoms with Gasteiger partial charge < -0.3 is 15.0 Å². The molecule has 0 radical (unpaired) electrons. The van der Waals surface area contributed by atoms with E-state index in [-0.39, 0.29) is 11.8 Å². The van der Waals surface area contributed by atoms with Crippen LogP contribution >= 0.6 is 11.6 Å². The summed E-state index contributed by atoms with van der Waals surface area (Å²) in [6.45, 7) is 3.33. The highest BCUT2D eigenvalue weighted by Crippen LogP contribution is 2.27. The van der Waals surface area contributed by atoms with Crippen molar-refractivity contribution in [2.75, 3.05) is 18.1 Å². The molecule has 1 saturated heterocycles. The minimum atomic E-state index is -0.662. The van der Waals surface area contributed by atoms with Gasteiger partial charge in [-0.1, -0.05) is 29.8 Å². The first-order valence-electron chi connectivity index (χ1n) is 8.65. The summed E-state index contributed by atoms with van der Waals surface area (Å²) >= 11 is 5.89. The Morgan fingerprint density at radius 2 is 1.96 bits per heavy atom. The number of halogens is 1. The number of rotatable bonds is 6. The first-order chi connectivity index (χ1) is 12.6. The number of nitrogens with zero attached hydrogens (tertiary/aromatic N) is 1. The zero-order valence-electron chi connectivity index (χ0n) is 14.6. The van der Waals surface area contributed by atoms with Crippen LogP contribution in [0.25, 0.3) is 0 Å². The molecule has 1 atom stereocenters. The number of carbonyl (C=O) groups excluding carboxylic acids is 2. The molecule has 2 aromatic carbocycles. The van der Waals surface area contributed by atoms with Gasteiger partial charge in [0.2, 0.25) is 11.8 Å². The SMILES string of the molecule is CCOc1ccccc1CNC(=O)C1CCN(c2ccc(Cl)cc2)C1=O. The van der Waals surface area contributed by atoms with Gasteiger partial charge in [0.15, 0.2) is 0 Å². The standard InChI is InChI=1S/C20H21ClN2O3/c1-2-26-18-6-4-3-5-14(18)13-22-19(24)17-11-12-23(20(17)25)16-9-7-15(21)8-10-16/h3-10,17H,2,11-13H2,1H3,(H,22,24). The van der Waals surface area contributed by atoms with Crippen molar-refractivity contribution in [2.24, 2.45) is 5.92 Å². The van der Waals surface area contributed by atoms with Crippen molar-refractivity contribution in [3.63, 3.8) is 0 Å². The second kappa shape index (κ2) is 8.23. The van der Waals surface area contributed by atoms with Crippen molar-refractivity contribution in [1.29, 1.82) is 0 Å². The summed E-state index contributed by atoms with van der Waals surface area (Å²) in [6.07, 6.45) is 0.500. The first kappa shape index (κ1) is 18.3. The molecule has 0 aliphatic carbocycles. The summed E-state index contributed by atoms with van der Waals surface area (Å²) in [6, 6.07) is 14.6. The van der Waals surface area contributed by atoms with E-state index in [1.165, 1.54) is 0 Å². The maximum absolute atomic E-state index is 12.6. The summed E-state index contributed by atoms with van der Waals surface area (Å²) in [4.78, 5) is 26.8. The van der Waals surface area contributed by atoms with Gasteiger partial charge in [0.1, 0.15) is 11.7 Å². The molecule has 1 N–H and O–H groups in total. The van der Waals surface area contributed by atoms with Gasteiger partial charge in [-0.05, 0) is 43.7 Å². The van der Waals surface area contributed by atoms with E-state index >= 15 is 0 Å². The number of ether oxygens (including phenoxy) is 1. The Morgan fingerprint density at radius 3 is 2.69 bits per heavy atom. The zero-order chi connectivity index (χ0) is 18.5. The monoisotopic (exact) mass is 372 g/mol. The molecule has 1 unspecified atom stereocenters. The van der Waals surface area contributed by atoms with Crippen molar-refractivity contribution in [3.8, 4) is 5.75 Å². The predicted octanol–water partition coefficient (Wildman–Crippen LogP) is 3.41. The number of amides is 2. The Hall–Kier alpha value is -2.53. The molecule has 0 spiro atoms. The van der Waals surface area contributed by atoms with Crippen LogP contribution in [0.3, 0.4) is 0 Å². The number of hydrogen-bond acceptors (Lipinski definition) is 3.